The van der Waals surface area contributed by atoms with Gasteiger partial charge in [0, 0.05) is 12.6 Å². The van der Waals surface area contributed by atoms with E-state index in [1.165, 1.54) is 0 Å². The number of aryl methyl sites for hydroxylation is 1. The molecule has 0 N–H and O–H groups in total. The molecule has 0 radical (unpaired) electrons. The molecule has 0 amide bonds. The number of carbonyl (C=O) groups excluding carboxylic acids is 1. The molecule has 1 aromatic heterocycles. The highest BCUT2D eigenvalue weighted by Crippen LogP contribution is 2.35. The van der Waals surface area contributed by atoms with Crippen molar-refractivity contribution < 1.29 is 9.53 Å². The zero-order valence-electron chi connectivity index (χ0n) is 11.5. The number of pyridine rings is 1. The number of Topliss-reactive ketones (excluding diaryl/α,β-unsaturated/α-hetero) is 1. The van der Waals surface area contributed by atoms with Crippen LogP contribution in [0.25, 0.3) is 0 Å². The van der Waals surface area contributed by atoms with E-state index in [0.717, 1.165) is 23.3 Å². The van der Waals surface area contributed by atoms with Crippen molar-refractivity contribution in [1.29, 1.82) is 0 Å². The van der Waals surface area contributed by atoms with Gasteiger partial charge in [-0.05, 0) is 48.6 Å². The number of para-hydroxylation sites is 1. The third-order valence-electron chi connectivity index (χ3n) is 3.72. The Bertz CT molecular complexity index is 636. The van der Waals surface area contributed by atoms with Crippen LogP contribution < -0.4 is 4.74 Å². The van der Waals surface area contributed by atoms with Crippen molar-refractivity contribution in [1.82, 2.24) is 4.98 Å². The van der Waals surface area contributed by atoms with E-state index in [1.807, 2.05) is 37.3 Å². The Labute approximate surface area is 118 Å². The van der Waals surface area contributed by atoms with Crippen molar-refractivity contribution in [2.75, 3.05) is 6.61 Å². The molecular weight excluding hydrogens is 250 g/mol. The predicted molar refractivity (Wildman–Crippen MR) is 77.2 cm³/mol. The lowest BCUT2D eigenvalue weighted by Crippen LogP contribution is -2.17. The second-order valence-electron chi connectivity index (χ2n) is 5.22. The Balaban J connectivity index is 1.81. The number of carbonyl (C=O) groups is 1. The van der Waals surface area contributed by atoms with E-state index < -0.39 is 0 Å². The van der Waals surface area contributed by atoms with Gasteiger partial charge in [0.1, 0.15) is 11.4 Å². The van der Waals surface area contributed by atoms with Crippen LogP contribution >= 0.6 is 0 Å². The van der Waals surface area contributed by atoms with Gasteiger partial charge in [-0.1, -0.05) is 18.2 Å². The first kappa shape index (κ1) is 12.9. The molecule has 3 nitrogen and oxygen atoms in total. The normalized spacial score (nSPS) is 17.1. The van der Waals surface area contributed by atoms with Crippen molar-refractivity contribution in [3.05, 3.63) is 59.4 Å². The van der Waals surface area contributed by atoms with E-state index in [2.05, 4.69) is 11.1 Å². The maximum atomic E-state index is 12.4. The van der Waals surface area contributed by atoms with Gasteiger partial charge in [0.25, 0.3) is 0 Å². The Morgan fingerprint density at radius 1 is 1.35 bits per heavy atom. The van der Waals surface area contributed by atoms with E-state index in [4.69, 9.17) is 4.74 Å². The third kappa shape index (κ3) is 2.57. The fraction of sp³-hybridized carbons (Fsp3) is 0.294. The van der Waals surface area contributed by atoms with Gasteiger partial charge in [-0.25, -0.2) is 0 Å². The smallest absolute Gasteiger partial charge is 0.181 e. The summed E-state index contributed by atoms with van der Waals surface area (Å²) in [7, 11) is 0. The molecular formula is C17H17NO2. The number of benzene rings is 1. The SMILES string of the molecule is Cc1ccnc(C(=O)CC2CCOc3ccccc32)c1. The molecule has 1 atom stereocenters. The van der Waals surface area contributed by atoms with E-state index in [1.54, 1.807) is 6.20 Å². The molecule has 1 aromatic carbocycles. The Morgan fingerprint density at radius 3 is 3.05 bits per heavy atom. The minimum absolute atomic E-state index is 0.107. The Morgan fingerprint density at radius 2 is 2.20 bits per heavy atom. The average Bonchev–Trinajstić information content (AvgIpc) is 2.47. The van der Waals surface area contributed by atoms with Gasteiger partial charge in [-0.3, -0.25) is 9.78 Å². The number of ether oxygens (including phenoxy) is 1. The molecule has 1 aliphatic heterocycles. The van der Waals surface area contributed by atoms with Crippen LogP contribution in [0, 0.1) is 6.92 Å². The highest BCUT2D eigenvalue weighted by atomic mass is 16.5. The largest absolute Gasteiger partial charge is 0.493 e. The standard InChI is InChI=1S/C17H17NO2/c1-12-6-8-18-15(10-12)16(19)11-13-7-9-20-17-5-3-2-4-14(13)17/h2-6,8,10,13H,7,9,11H2,1H3. The molecule has 3 heteroatoms. The first-order valence-corrected chi connectivity index (χ1v) is 6.91. The second kappa shape index (κ2) is 5.45. The van der Waals surface area contributed by atoms with Crippen LogP contribution in [0.1, 0.15) is 40.4 Å². The molecule has 102 valence electrons. The summed E-state index contributed by atoms with van der Waals surface area (Å²) in [5.74, 6) is 1.25. The molecule has 0 fully saturated rings. The molecule has 1 unspecified atom stereocenters. The predicted octanol–water partition coefficient (Wildman–Crippen LogP) is 3.53. The summed E-state index contributed by atoms with van der Waals surface area (Å²) in [4.78, 5) is 16.6. The summed E-state index contributed by atoms with van der Waals surface area (Å²) in [6, 6.07) is 11.7. The average molecular weight is 267 g/mol. The maximum Gasteiger partial charge on any atom is 0.181 e. The fourth-order valence-corrected chi connectivity index (χ4v) is 2.64. The minimum Gasteiger partial charge on any atom is -0.493 e. The summed E-state index contributed by atoms with van der Waals surface area (Å²) in [5, 5.41) is 0. The fourth-order valence-electron chi connectivity index (χ4n) is 2.64. The number of hydrogen-bond donors (Lipinski definition) is 0. The summed E-state index contributed by atoms with van der Waals surface area (Å²) in [6.45, 7) is 2.65. The topological polar surface area (TPSA) is 39.2 Å². The maximum absolute atomic E-state index is 12.4. The number of ketones is 1. The van der Waals surface area contributed by atoms with Crippen molar-refractivity contribution in [3.8, 4) is 5.75 Å². The summed E-state index contributed by atoms with van der Waals surface area (Å²) in [5.41, 5.74) is 2.77. The van der Waals surface area contributed by atoms with Crippen molar-refractivity contribution in [3.63, 3.8) is 0 Å². The number of hydrogen-bond acceptors (Lipinski definition) is 3. The van der Waals surface area contributed by atoms with Gasteiger partial charge < -0.3 is 4.74 Å². The lowest BCUT2D eigenvalue weighted by atomic mass is 9.88. The zero-order chi connectivity index (χ0) is 13.9. The van der Waals surface area contributed by atoms with Gasteiger partial charge in [0.05, 0.1) is 6.61 Å². The van der Waals surface area contributed by atoms with Crippen LogP contribution in [0.5, 0.6) is 5.75 Å². The number of nitrogens with zero attached hydrogens (tertiary/aromatic N) is 1. The third-order valence-corrected chi connectivity index (χ3v) is 3.72. The molecule has 2 heterocycles. The van der Waals surface area contributed by atoms with E-state index in [-0.39, 0.29) is 11.7 Å². The van der Waals surface area contributed by atoms with Crippen LogP contribution in [-0.4, -0.2) is 17.4 Å². The van der Waals surface area contributed by atoms with E-state index in [0.29, 0.717) is 18.7 Å². The molecule has 0 bridgehead atoms. The van der Waals surface area contributed by atoms with Crippen LogP contribution in [0.15, 0.2) is 42.6 Å². The van der Waals surface area contributed by atoms with Crippen molar-refractivity contribution in [2.24, 2.45) is 0 Å². The molecule has 20 heavy (non-hydrogen) atoms. The van der Waals surface area contributed by atoms with Crippen molar-refractivity contribution >= 4 is 5.78 Å². The zero-order valence-corrected chi connectivity index (χ0v) is 11.5. The molecule has 1 aliphatic rings. The lowest BCUT2D eigenvalue weighted by molar-refractivity contribution is 0.0961. The molecule has 3 rings (SSSR count). The first-order valence-electron chi connectivity index (χ1n) is 6.91. The molecule has 0 spiro atoms. The van der Waals surface area contributed by atoms with Crippen molar-refractivity contribution in [2.45, 2.75) is 25.7 Å². The summed E-state index contributed by atoms with van der Waals surface area (Å²) < 4.78 is 5.63. The van der Waals surface area contributed by atoms with Gasteiger partial charge >= 0.3 is 0 Å². The number of fused-ring (bicyclic) bond motifs is 1. The minimum atomic E-state index is 0.107. The van der Waals surface area contributed by atoms with Gasteiger partial charge in [0.2, 0.25) is 0 Å². The van der Waals surface area contributed by atoms with Crippen LogP contribution in [0.4, 0.5) is 0 Å². The molecule has 0 aliphatic carbocycles. The highest BCUT2D eigenvalue weighted by molar-refractivity contribution is 5.94. The summed E-state index contributed by atoms with van der Waals surface area (Å²) >= 11 is 0. The van der Waals surface area contributed by atoms with Crippen LogP contribution in [-0.2, 0) is 0 Å². The van der Waals surface area contributed by atoms with Crippen LogP contribution in [0.3, 0.4) is 0 Å². The van der Waals surface area contributed by atoms with Gasteiger partial charge in [-0.2, -0.15) is 0 Å². The van der Waals surface area contributed by atoms with Gasteiger partial charge in [0.15, 0.2) is 5.78 Å². The van der Waals surface area contributed by atoms with Crippen LogP contribution in [0.2, 0.25) is 0 Å². The molecule has 0 saturated heterocycles. The second-order valence-corrected chi connectivity index (χ2v) is 5.22. The number of aromatic nitrogens is 1. The van der Waals surface area contributed by atoms with Gasteiger partial charge in [-0.15, -0.1) is 0 Å². The molecule has 0 saturated carbocycles. The van der Waals surface area contributed by atoms with E-state index in [9.17, 15) is 4.79 Å². The van der Waals surface area contributed by atoms with E-state index >= 15 is 0 Å². The summed E-state index contributed by atoms with van der Waals surface area (Å²) in [6.07, 6.45) is 3.08. The monoisotopic (exact) mass is 267 g/mol. The quantitative estimate of drug-likeness (QED) is 0.799. The highest BCUT2D eigenvalue weighted by Gasteiger charge is 2.24. The molecule has 2 aromatic rings. The number of rotatable bonds is 3. The lowest BCUT2D eigenvalue weighted by Gasteiger charge is -2.25. The Hall–Kier alpha value is -2.16. The first-order chi connectivity index (χ1) is 9.74. The Kier molecular flexibility index (Phi) is 3.50.